The Bertz CT molecular complexity index is 315. The van der Waals surface area contributed by atoms with Crippen LogP contribution < -0.4 is 0 Å². The van der Waals surface area contributed by atoms with Gasteiger partial charge in [0.15, 0.2) is 0 Å². The molecule has 0 aromatic carbocycles. The van der Waals surface area contributed by atoms with Crippen LogP contribution in [0.25, 0.3) is 0 Å². The number of carbonyl (C=O) groups excluding carboxylic acids is 1. The fraction of sp³-hybridized carbons (Fsp3) is 0.938. The summed E-state index contributed by atoms with van der Waals surface area (Å²) in [5.41, 5.74) is 0.327. The molecule has 0 aromatic heterocycles. The highest BCUT2D eigenvalue weighted by molar-refractivity contribution is 5.82. The summed E-state index contributed by atoms with van der Waals surface area (Å²) in [6.07, 6.45) is 4.04. The van der Waals surface area contributed by atoms with Gasteiger partial charge >= 0.3 is 0 Å². The molecule has 1 aliphatic heterocycles. The van der Waals surface area contributed by atoms with Crippen molar-refractivity contribution >= 4 is 5.78 Å². The SMILES string of the molecule is CN(CC1CC(C(C)(C)C)CCC1=O)C1CCOC1. The maximum atomic E-state index is 12.2. The Morgan fingerprint density at radius 3 is 2.63 bits per heavy atom. The van der Waals surface area contributed by atoms with Gasteiger partial charge in [-0.05, 0) is 37.6 Å². The smallest absolute Gasteiger partial charge is 0.137 e. The molecule has 19 heavy (non-hydrogen) atoms. The summed E-state index contributed by atoms with van der Waals surface area (Å²) in [4.78, 5) is 14.5. The number of nitrogens with zero attached hydrogens (tertiary/aromatic N) is 1. The first-order valence-electron chi connectivity index (χ1n) is 7.68. The van der Waals surface area contributed by atoms with Gasteiger partial charge < -0.3 is 9.64 Å². The minimum Gasteiger partial charge on any atom is -0.380 e. The van der Waals surface area contributed by atoms with E-state index < -0.39 is 0 Å². The minimum atomic E-state index is 0.239. The van der Waals surface area contributed by atoms with E-state index in [2.05, 4.69) is 32.7 Å². The predicted octanol–water partition coefficient (Wildman–Crippen LogP) is 2.74. The highest BCUT2D eigenvalue weighted by atomic mass is 16.5. The lowest BCUT2D eigenvalue weighted by atomic mass is 9.68. The van der Waals surface area contributed by atoms with E-state index in [1.54, 1.807) is 0 Å². The number of hydrogen-bond donors (Lipinski definition) is 0. The maximum absolute atomic E-state index is 12.2. The molecule has 2 fully saturated rings. The third-order valence-corrected chi connectivity index (χ3v) is 5.03. The maximum Gasteiger partial charge on any atom is 0.137 e. The van der Waals surface area contributed by atoms with Crippen molar-refractivity contribution in [1.82, 2.24) is 4.90 Å². The Kier molecular flexibility index (Phi) is 4.67. The van der Waals surface area contributed by atoms with Crippen LogP contribution in [-0.2, 0) is 9.53 Å². The molecular weight excluding hydrogens is 238 g/mol. The van der Waals surface area contributed by atoms with Crippen LogP contribution in [0.2, 0.25) is 0 Å². The Hall–Kier alpha value is -0.410. The summed E-state index contributed by atoms with van der Waals surface area (Å²) in [5, 5.41) is 0. The van der Waals surface area contributed by atoms with Crippen LogP contribution in [0.15, 0.2) is 0 Å². The average Bonchev–Trinajstić information content (AvgIpc) is 2.84. The lowest BCUT2D eigenvalue weighted by molar-refractivity contribution is -0.127. The molecule has 1 aliphatic carbocycles. The van der Waals surface area contributed by atoms with Gasteiger partial charge in [-0.3, -0.25) is 4.79 Å². The van der Waals surface area contributed by atoms with Crippen LogP contribution in [0.3, 0.4) is 0 Å². The highest BCUT2D eigenvalue weighted by Gasteiger charge is 2.36. The van der Waals surface area contributed by atoms with E-state index in [9.17, 15) is 4.79 Å². The zero-order valence-electron chi connectivity index (χ0n) is 12.9. The summed E-state index contributed by atoms with van der Waals surface area (Å²) in [5.74, 6) is 1.40. The van der Waals surface area contributed by atoms with E-state index >= 15 is 0 Å². The van der Waals surface area contributed by atoms with Crippen LogP contribution in [0.1, 0.15) is 46.5 Å². The number of ether oxygens (including phenoxy) is 1. The molecule has 3 atom stereocenters. The third kappa shape index (κ3) is 3.79. The van der Waals surface area contributed by atoms with E-state index in [0.29, 0.717) is 23.2 Å². The van der Waals surface area contributed by atoms with Gasteiger partial charge in [-0.25, -0.2) is 0 Å². The third-order valence-electron chi connectivity index (χ3n) is 5.03. The van der Waals surface area contributed by atoms with E-state index in [-0.39, 0.29) is 5.92 Å². The lowest BCUT2D eigenvalue weighted by Crippen LogP contribution is -2.41. The molecule has 3 heteroatoms. The van der Waals surface area contributed by atoms with E-state index in [0.717, 1.165) is 45.4 Å². The summed E-state index contributed by atoms with van der Waals surface area (Å²) in [6, 6.07) is 0.516. The van der Waals surface area contributed by atoms with Crippen molar-refractivity contribution in [2.24, 2.45) is 17.3 Å². The number of Topliss-reactive ketones (excluding diaryl/α,β-unsaturated/α-hetero) is 1. The highest BCUT2D eigenvalue weighted by Crippen LogP contribution is 2.39. The van der Waals surface area contributed by atoms with E-state index in [1.807, 2.05) is 0 Å². The Labute approximate surface area is 117 Å². The molecule has 3 nitrogen and oxygen atoms in total. The molecule has 1 saturated carbocycles. The van der Waals surface area contributed by atoms with Crippen molar-refractivity contribution in [2.75, 3.05) is 26.8 Å². The molecule has 0 aromatic rings. The summed E-state index contributed by atoms with van der Waals surface area (Å²) in [7, 11) is 2.15. The van der Waals surface area contributed by atoms with Gasteiger partial charge in [0, 0.05) is 31.5 Å². The van der Waals surface area contributed by atoms with Gasteiger partial charge in [-0.15, -0.1) is 0 Å². The molecule has 1 saturated heterocycles. The van der Waals surface area contributed by atoms with Gasteiger partial charge in [0.2, 0.25) is 0 Å². The minimum absolute atomic E-state index is 0.239. The number of hydrogen-bond acceptors (Lipinski definition) is 3. The van der Waals surface area contributed by atoms with Crippen molar-refractivity contribution in [3.8, 4) is 0 Å². The van der Waals surface area contributed by atoms with Crippen LogP contribution in [-0.4, -0.2) is 43.5 Å². The van der Waals surface area contributed by atoms with Crippen molar-refractivity contribution in [3.63, 3.8) is 0 Å². The molecule has 110 valence electrons. The van der Waals surface area contributed by atoms with Crippen molar-refractivity contribution in [3.05, 3.63) is 0 Å². The monoisotopic (exact) mass is 267 g/mol. The molecule has 1 heterocycles. The number of ketones is 1. The molecule has 0 bridgehead atoms. The molecule has 3 unspecified atom stereocenters. The summed E-state index contributed by atoms with van der Waals surface area (Å²) < 4.78 is 5.44. The quantitative estimate of drug-likeness (QED) is 0.787. The van der Waals surface area contributed by atoms with E-state index in [4.69, 9.17) is 4.74 Å². The normalized spacial score (nSPS) is 33.1. The molecule has 0 N–H and O–H groups in total. The van der Waals surface area contributed by atoms with Crippen molar-refractivity contribution < 1.29 is 9.53 Å². The zero-order valence-corrected chi connectivity index (χ0v) is 12.9. The zero-order chi connectivity index (χ0) is 14.0. The number of likely N-dealkylation sites (N-methyl/N-ethyl adjacent to an activating group) is 1. The first kappa shape index (κ1) is 15.0. The Balaban J connectivity index is 1.91. The molecular formula is C16H29NO2. The second kappa shape index (κ2) is 5.92. The lowest BCUT2D eigenvalue weighted by Gasteiger charge is -2.38. The van der Waals surface area contributed by atoms with Crippen LogP contribution in [0.4, 0.5) is 0 Å². The van der Waals surface area contributed by atoms with Crippen molar-refractivity contribution in [1.29, 1.82) is 0 Å². The molecule has 2 rings (SSSR count). The topological polar surface area (TPSA) is 29.5 Å². The first-order valence-corrected chi connectivity index (χ1v) is 7.68. The summed E-state index contributed by atoms with van der Waals surface area (Å²) >= 11 is 0. The van der Waals surface area contributed by atoms with Crippen molar-refractivity contribution in [2.45, 2.75) is 52.5 Å². The summed E-state index contributed by atoms with van der Waals surface area (Å²) in [6.45, 7) is 9.54. The second-order valence-corrected chi connectivity index (χ2v) is 7.46. The van der Waals surface area contributed by atoms with Gasteiger partial charge in [0.25, 0.3) is 0 Å². The average molecular weight is 267 g/mol. The predicted molar refractivity (Wildman–Crippen MR) is 77.1 cm³/mol. The van der Waals surface area contributed by atoms with E-state index in [1.165, 1.54) is 0 Å². The fourth-order valence-corrected chi connectivity index (χ4v) is 3.44. The van der Waals surface area contributed by atoms with Gasteiger partial charge in [0.1, 0.15) is 5.78 Å². The number of rotatable bonds is 3. The van der Waals surface area contributed by atoms with Gasteiger partial charge in [-0.1, -0.05) is 20.8 Å². The Morgan fingerprint density at radius 2 is 2.05 bits per heavy atom. The van der Waals surface area contributed by atoms with Gasteiger partial charge in [0.05, 0.1) is 6.61 Å². The molecule has 0 amide bonds. The largest absolute Gasteiger partial charge is 0.380 e. The fourth-order valence-electron chi connectivity index (χ4n) is 3.44. The first-order chi connectivity index (χ1) is 8.88. The molecule has 0 spiro atoms. The second-order valence-electron chi connectivity index (χ2n) is 7.46. The van der Waals surface area contributed by atoms with Gasteiger partial charge in [-0.2, -0.15) is 0 Å². The van der Waals surface area contributed by atoms with Crippen LogP contribution in [0.5, 0.6) is 0 Å². The van der Waals surface area contributed by atoms with Crippen LogP contribution >= 0.6 is 0 Å². The molecule has 0 radical (unpaired) electrons. The Morgan fingerprint density at radius 1 is 1.32 bits per heavy atom. The van der Waals surface area contributed by atoms with Crippen LogP contribution in [0, 0.1) is 17.3 Å². The molecule has 2 aliphatic rings. The number of carbonyl (C=O) groups is 1. The standard InChI is InChI=1S/C16H29NO2/c1-16(2,3)13-5-6-15(18)12(9-13)10-17(4)14-7-8-19-11-14/h12-14H,5-11H2,1-4H3.